The smallest absolute Gasteiger partial charge is 0.239 e. The van der Waals surface area contributed by atoms with Crippen LogP contribution >= 0.6 is 11.5 Å². The molecule has 1 amide bonds. The highest BCUT2D eigenvalue weighted by Gasteiger charge is 2.25. The predicted molar refractivity (Wildman–Crippen MR) is 90.1 cm³/mol. The van der Waals surface area contributed by atoms with E-state index < -0.39 is 0 Å². The summed E-state index contributed by atoms with van der Waals surface area (Å²) in [6.45, 7) is 9.47. The number of aromatic nitrogens is 2. The lowest BCUT2D eigenvalue weighted by Crippen LogP contribution is -2.45. The molecule has 0 bridgehead atoms. The zero-order valence-electron chi connectivity index (χ0n) is 13.8. The first-order valence-corrected chi connectivity index (χ1v) is 8.90. The van der Waals surface area contributed by atoms with Crippen molar-refractivity contribution in [1.82, 2.24) is 14.3 Å². The number of hydrogen-bond donors (Lipinski definition) is 1. The highest BCUT2D eigenvalue weighted by Crippen LogP contribution is 2.19. The Balaban J connectivity index is 1.93. The Kier molecular flexibility index (Phi) is 6.14. The average molecular weight is 325 g/mol. The van der Waals surface area contributed by atoms with Crippen molar-refractivity contribution in [3.8, 4) is 0 Å². The fourth-order valence-electron chi connectivity index (χ4n) is 2.69. The fraction of sp³-hybridized carbons (Fsp3) is 0.800. The van der Waals surface area contributed by atoms with E-state index in [1.807, 2.05) is 4.90 Å². The molecule has 0 aliphatic carbocycles. The highest BCUT2D eigenvalue weighted by molar-refractivity contribution is 7.09. The monoisotopic (exact) mass is 325 g/mol. The van der Waals surface area contributed by atoms with E-state index >= 15 is 0 Å². The van der Waals surface area contributed by atoms with Crippen molar-refractivity contribution in [1.29, 1.82) is 0 Å². The van der Waals surface area contributed by atoms with Crippen LogP contribution in [0.5, 0.6) is 0 Å². The van der Waals surface area contributed by atoms with Gasteiger partial charge in [0.05, 0.1) is 6.04 Å². The zero-order valence-corrected chi connectivity index (χ0v) is 14.6. The third-order valence-electron chi connectivity index (χ3n) is 3.89. The molecule has 1 aliphatic rings. The second-order valence-corrected chi connectivity index (χ2v) is 6.98. The van der Waals surface area contributed by atoms with Crippen LogP contribution in [0.25, 0.3) is 0 Å². The molecule has 0 spiro atoms. The maximum Gasteiger partial charge on any atom is 0.239 e. The Morgan fingerprint density at radius 2 is 2.09 bits per heavy atom. The van der Waals surface area contributed by atoms with Gasteiger partial charge in [-0.05, 0) is 18.8 Å². The lowest BCUT2D eigenvalue weighted by atomic mass is 10.0. The maximum atomic E-state index is 12.4. The number of hydrogen-bond acceptors (Lipinski definition) is 6. The fourth-order valence-corrected chi connectivity index (χ4v) is 3.49. The molecule has 2 N–H and O–H groups in total. The van der Waals surface area contributed by atoms with E-state index in [2.05, 4.69) is 35.0 Å². The van der Waals surface area contributed by atoms with Crippen LogP contribution in [0.4, 0.5) is 5.13 Å². The SMILES string of the molecule is CCc1nsc(N2CCCN(C(=O)[C@@H](N)CC(C)C)CC2)n1. The predicted octanol–water partition coefficient (Wildman–Crippen LogP) is 1.51. The summed E-state index contributed by atoms with van der Waals surface area (Å²) in [6.07, 6.45) is 2.55. The van der Waals surface area contributed by atoms with E-state index in [0.29, 0.717) is 12.5 Å². The van der Waals surface area contributed by atoms with Crippen molar-refractivity contribution in [2.24, 2.45) is 11.7 Å². The number of aryl methyl sites for hydroxylation is 1. The normalized spacial score (nSPS) is 17.7. The summed E-state index contributed by atoms with van der Waals surface area (Å²) in [4.78, 5) is 21.1. The van der Waals surface area contributed by atoms with E-state index in [-0.39, 0.29) is 11.9 Å². The third kappa shape index (κ3) is 4.39. The van der Waals surface area contributed by atoms with Crippen molar-refractivity contribution in [3.05, 3.63) is 5.82 Å². The molecule has 1 atom stereocenters. The standard InChI is InChI=1S/C15H27N5OS/c1-4-13-17-15(22-18-13)20-7-5-6-19(8-9-20)14(21)12(16)10-11(2)3/h11-12H,4-10,16H2,1-3H3/t12-/m0/s1. The van der Waals surface area contributed by atoms with Gasteiger partial charge in [0, 0.05) is 44.1 Å². The van der Waals surface area contributed by atoms with E-state index in [1.54, 1.807) is 0 Å². The molecule has 0 unspecified atom stereocenters. The molecule has 6 nitrogen and oxygen atoms in total. The molecule has 1 saturated heterocycles. The second-order valence-electron chi connectivity index (χ2n) is 6.25. The molecule has 22 heavy (non-hydrogen) atoms. The Bertz CT molecular complexity index is 490. The number of carbonyl (C=O) groups excluding carboxylic acids is 1. The summed E-state index contributed by atoms with van der Waals surface area (Å²) < 4.78 is 4.34. The van der Waals surface area contributed by atoms with Gasteiger partial charge in [-0.15, -0.1) is 0 Å². The Labute approximate surface area is 136 Å². The summed E-state index contributed by atoms with van der Waals surface area (Å²) in [5, 5.41) is 0.970. The van der Waals surface area contributed by atoms with Crippen LogP contribution in [0.1, 0.15) is 39.4 Å². The Morgan fingerprint density at radius 3 is 2.73 bits per heavy atom. The molecular formula is C15H27N5OS. The molecule has 2 heterocycles. The van der Waals surface area contributed by atoms with E-state index in [9.17, 15) is 4.79 Å². The number of amides is 1. The van der Waals surface area contributed by atoms with E-state index in [0.717, 1.165) is 49.9 Å². The number of carbonyl (C=O) groups is 1. The van der Waals surface area contributed by atoms with Crippen LogP contribution in [-0.2, 0) is 11.2 Å². The topological polar surface area (TPSA) is 75.4 Å². The van der Waals surface area contributed by atoms with Crippen molar-refractivity contribution in [2.45, 2.75) is 46.1 Å². The van der Waals surface area contributed by atoms with Crippen molar-refractivity contribution >= 4 is 22.6 Å². The molecule has 1 fully saturated rings. The van der Waals surface area contributed by atoms with Gasteiger partial charge in [-0.2, -0.15) is 4.37 Å². The van der Waals surface area contributed by atoms with Gasteiger partial charge in [-0.1, -0.05) is 20.8 Å². The van der Waals surface area contributed by atoms with Crippen LogP contribution < -0.4 is 10.6 Å². The molecular weight excluding hydrogens is 298 g/mol. The van der Waals surface area contributed by atoms with Gasteiger partial charge >= 0.3 is 0 Å². The minimum Gasteiger partial charge on any atom is -0.345 e. The minimum absolute atomic E-state index is 0.0852. The number of rotatable bonds is 5. The molecule has 124 valence electrons. The first kappa shape index (κ1) is 17.1. The molecule has 1 aromatic rings. The van der Waals surface area contributed by atoms with Gasteiger partial charge in [0.1, 0.15) is 5.82 Å². The summed E-state index contributed by atoms with van der Waals surface area (Å²) in [5.41, 5.74) is 6.04. The Hall–Kier alpha value is -1.21. The third-order valence-corrected chi connectivity index (χ3v) is 4.71. The Morgan fingerprint density at radius 1 is 1.32 bits per heavy atom. The minimum atomic E-state index is -0.375. The van der Waals surface area contributed by atoms with Gasteiger partial charge in [-0.3, -0.25) is 4.79 Å². The number of nitrogens with two attached hydrogens (primary N) is 1. The van der Waals surface area contributed by atoms with Crippen LogP contribution in [0.3, 0.4) is 0 Å². The summed E-state index contributed by atoms with van der Waals surface area (Å²) in [6, 6.07) is -0.375. The zero-order chi connectivity index (χ0) is 16.1. The average Bonchev–Trinajstić information content (AvgIpc) is 2.83. The first-order chi connectivity index (χ1) is 10.5. The molecule has 0 radical (unpaired) electrons. The largest absolute Gasteiger partial charge is 0.345 e. The van der Waals surface area contributed by atoms with E-state index in [4.69, 9.17) is 5.73 Å². The first-order valence-electron chi connectivity index (χ1n) is 8.13. The van der Waals surface area contributed by atoms with Gasteiger partial charge in [0.25, 0.3) is 0 Å². The summed E-state index contributed by atoms with van der Waals surface area (Å²) >= 11 is 1.45. The molecule has 2 rings (SSSR count). The summed E-state index contributed by atoms with van der Waals surface area (Å²) in [7, 11) is 0. The lowest BCUT2D eigenvalue weighted by molar-refractivity contribution is -0.132. The lowest BCUT2D eigenvalue weighted by Gasteiger charge is -2.25. The van der Waals surface area contributed by atoms with Crippen LogP contribution in [0.15, 0.2) is 0 Å². The number of anilines is 1. The summed E-state index contributed by atoms with van der Waals surface area (Å²) in [5.74, 6) is 1.43. The number of nitrogens with zero attached hydrogens (tertiary/aromatic N) is 4. The maximum absolute atomic E-state index is 12.4. The molecule has 7 heteroatoms. The van der Waals surface area contributed by atoms with Gasteiger partial charge in [0.15, 0.2) is 0 Å². The van der Waals surface area contributed by atoms with Crippen LogP contribution in [-0.4, -0.2) is 52.4 Å². The molecule has 0 aromatic carbocycles. The van der Waals surface area contributed by atoms with E-state index in [1.165, 1.54) is 11.5 Å². The van der Waals surface area contributed by atoms with Crippen LogP contribution in [0.2, 0.25) is 0 Å². The quantitative estimate of drug-likeness (QED) is 0.888. The van der Waals surface area contributed by atoms with Crippen molar-refractivity contribution in [3.63, 3.8) is 0 Å². The molecule has 0 saturated carbocycles. The van der Waals surface area contributed by atoms with Gasteiger partial charge in [0.2, 0.25) is 11.0 Å². The van der Waals surface area contributed by atoms with Crippen molar-refractivity contribution in [2.75, 3.05) is 31.1 Å². The molecule has 1 aliphatic heterocycles. The van der Waals surface area contributed by atoms with Crippen molar-refractivity contribution < 1.29 is 4.79 Å². The second kappa shape index (κ2) is 7.87. The molecule has 1 aromatic heterocycles. The van der Waals surface area contributed by atoms with Gasteiger partial charge in [-0.25, -0.2) is 4.98 Å². The highest BCUT2D eigenvalue weighted by atomic mass is 32.1. The van der Waals surface area contributed by atoms with Crippen LogP contribution in [0, 0.1) is 5.92 Å². The van der Waals surface area contributed by atoms with Gasteiger partial charge < -0.3 is 15.5 Å².